The highest BCUT2D eigenvalue weighted by molar-refractivity contribution is 6.31. The molecule has 0 aliphatic heterocycles. The molecule has 1 unspecified atom stereocenters. The van der Waals surface area contributed by atoms with Crippen LogP contribution in [0.25, 0.3) is 11.1 Å². The van der Waals surface area contributed by atoms with E-state index in [0.717, 1.165) is 23.3 Å². The van der Waals surface area contributed by atoms with Crippen LogP contribution in [0.15, 0.2) is 42.5 Å². The quantitative estimate of drug-likeness (QED) is 0.810. The summed E-state index contributed by atoms with van der Waals surface area (Å²) in [5.74, 6) is 0. The summed E-state index contributed by atoms with van der Waals surface area (Å²) in [4.78, 5) is 0. The summed E-state index contributed by atoms with van der Waals surface area (Å²) in [6.07, 6.45) is -4.32. The number of hydrogen-bond donors (Lipinski definition) is 1. The highest BCUT2D eigenvalue weighted by atomic mass is 35.5. The summed E-state index contributed by atoms with van der Waals surface area (Å²) in [6, 6.07) is 10.7. The summed E-state index contributed by atoms with van der Waals surface area (Å²) in [5, 5.41) is 3.69. The second-order valence-corrected chi connectivity index (χ2v) is 5.23. The van der Waals surface area contributed by atoms with Crippen LogP contribution in [-0.4, -0.2) is 7.05 Å². The zero-order valence-electron chi connectivity index (χ0n) is 11.6. The summed E-state index contributed by atoms with van der Waals surface area (Å²) in [6.45, 7) is 1.99. The van der Waals surface area contributed by atoms with Crippen molar-refractivity contribution in [2.75, 3.05) is 7.05 Å². The Labute approximate surface area is 126 Å². The Bertz CT molecular complexity index is 620. The van der Waals surface area contributed by atoms with Gasteiger partial charge in [0.2, 0.25) is 0 Å². The molecule has 1 nitrogen and oxygen atoms in total. The fourth-order valence-electron chi connectivity index (χ4n) is 2.07. The minimum Gasteiger partial charge on any atom is -0.313 e. The van der Waals surface area contributed by atoms with E-state index in [1.165, 1.54) is 12.1 Å². The first-order chi connectivity index (χ1) is 9.82. The zero-order chi connectivity index (χ0) is 15.6. The average molecular weight is 314 g/mol. The third kappa shape index (κ3) is 3.57. The molecule has 0 spiro atoms. The maximum absolute atomic E-state index is 12.5. The van der Waals surface area contributed by atoms with Crippen molar-refractivity contribution in [3.8, 4) is 11.1 Å². The van der Waals surface area contributed by atoms with Crippen molar-refractivity contribution >= 4 is 11.6 Å². The van der Waals surface area contributed by atoms with E-state index in [1.807, 2.05) is 26.1 Å². The van der Waals surface area contributed by atoms with E-state index in [2.05, 4.69) is 5.32 Å². The van der Waals surface area contributed by atoms with Gasteiger partial charge in [-0.25, -0.2) is 0 Å². The molecule has 1 atom stereocenters. The van der Waals surface area contributed by atoms with E-state index in [0.29, 0.717) is 10.6 Å². The third-order valence-corrected chi connectivity index (χ3v) is 3.77. The number of rotatable bonds is 3. The molecule has 5 heteroatoms. The molecule has 2 aromatic rings. The molecule has 0 aromatic heterocycles. The Morgan fingerprint density at radius 1 is 1.00 bits per heavy atom. The van der Waals surface area contributed by atoms with Crippen LogP contribution in [0.1, 0.15) is 24.1 Å². The molecule has 0 aliphatic carbocycles. The molecule has 21 heavy (non-hydrogen) atoms. The highest BCUT2D eigenvalue weighted by Gasteiger charge is 2.29. The van der Waals surface area contributed by atoms with Gasteiger partial charge >= 0.3 is 6.18 Å². The van der Waals surface area contributed by atoms with Gasteiger partial charge in [-0.1, -0.05) is 35.9 Å². The molecule has 0 amide bonds. The first-order valence-corrected chi connectivity index (χ1v) is 6.85. The Balaban J connectivity index is 2.33. The lowest BCUT2D eigenvalue weighted by Crippen LogP contribution is -2.12. The molecular weight excluding hydrogens is 299 g/mol. The van der Waals surface area contributed by atoms with Crippen LogP contribution < -0.4 is 5.32 Å². The van der Waals surface area contributed by atoms with Crippen LogP contribution in [0.3, 0.4) is 0 Å². The first-order valence-electron chi connectivity index (χ1n) is 6.47. The molecule has 0 aliphatic rings. The molecular formula is C16H15ClF3N. The standard InChI is InChI=1S/C16H15ClF3N/c1-10(21-2)14-8-5-12(9-15(14)17)11-3-6-13(7-4-11)16(18,19)20/h3-10,21H,1-2H3. The molecule has 112 valence electrons. The lowest BCUT2D eigenvalue weighted by atomic mass is 10.0. The molecule has 2 aromatic carbocycles. The number of hydrogen-bond acceptors (Lipinski definition) is 1. The molecule has 0 radical (unpaired) electrons. The Morgan fingerprint density at radius 3 is 2.05 bits per heavy atom. The van der Waals surface area contributed by atoms with Gasteiger partial charge in [0.15, 0.2) is 0 Å². The maximum Gasteiger partial charge on any atom is 0.416 e. The van der Waals surface area contributed by atoms with E-state index in [9.17, 15) is 13.2 Å². The lowest BCUT2D eigenvalue weighted by molar-refractivity contribution is -0.137. The van der Waals surface area contributed by atoms with E-state index in [4.69, 9.17) is 11.6 Å². The van der Waals surface area contributed by atoms with Crippen LogP contribution in [0.5, 0.6) is 0 Å². The molecule has 2 rings (SSSR count). The van der Waals surface area contributed by atoms with Gasteiger partial charge in [0, 0.05) is 11.1 Å². The van der Waals surface area contributed by atoms with E-state index in [1.54, 1.807) is 6.07 Å². The van der Waals surface area contributed by atoms with Crippen molar-refractivity contribution in [1.29, 1.82) is 0 Å². The average Bonchev–Trinajstić information content (AvgIpc) is 2.45. The van der Waals surface area contributed by atoms with Crippen molar-refractivity contribution in [3.05, 3.63) is 58.6 Å². The van der Waals surface area contributed by atoms with Crippen molar-refractivity contribution in [3.63, 3.8) is 0 Å². The molecule has 1 N–H and O–H groups in total. The number of benzene rings is 2. The lowest BCUT2D eigenvalue weighted by Gasteiger charge is -2.14. The van der Waals surface area contributed by atoms with Gasteiger partial charge in [-0.05, 0) is 48.9 Å². The van der Waals surface area contributed by atoms with Crippen molar-refractivity contribution in [2.45, 2.75) is 19.1 Å². The largest absolute Gasteiger partial charge is 0.416 e. The van der Waals surface area contributed by atoms with Crippen LogP contribution >= 0.6 is 11.6 Å². The fourth-order valence-corrected chi connectivity index (χ4v) is 2.41. The number of alkyl halides is 3. The Hall–Kier alpha value is -1.52. The second kappa shape index (κ2) is 6.08. The molecule has 0 bridgehead atoms. The van der Waals surface area contributed by atoms with E-state index >= 15 is 0 Å². The fraction of sp³-hybridized carbons (Fsp3) is 0.250. The molecule has 0 fully saturated rings. The predicted molar refractivity (Wildman–Crippen MR) is 79.4 cm³/mol. The summed E-state index contributed by atoms with van der Waals surface area (Å²) in [7, 11) is 1.84. The second-order valence-electron chi connectivity index (χ2n) is 4.82. The van der Waals surface area contributed by atoms with E-state index < -0.39 is 11.7 Å². The number of halogens is 4. The van der Waals surface area contributed by atoms with Gasteiger partial charge in [0.05, 0.1) is 5.56 Å². The smallest absolute Gasteiger partial charge is 0.313 e. The van der Waals surface area contributed by atoms with E-state index in [-0.39, 0.29) is 6.04 Å². The van der Waals surface area contributed by atoms with Crippen LogP contribution in [0.4, 0.5) is 13.2 Å². The minimum absolute atomic E-state index is 0.110. The molecule has 0 heterocycles. The summed E-state index contributed by atoms with van der Waals surface area (Å²) < 4.78 is 37.6. The Morgan fingerprint density at radius 2 is 1.57 bits per heavy atom. The molecule has 0 saturated heterocycles. The Kier molecular flexibility index (Phi) is 4.59. The van der Waals surface area contributed by atoms with Gasteiger partial charge < -0.3 is 5.32 Å². The van der Waals surface area contributed by atoms with Gasteiger partial charge in [-0.15, -0.1) is 0 Å². The van der Waals surface area contributed by atoms with Crippen LogP contribution in [0.2, 0.25) is 5.02 Å². The maximum atomic E-state index is 12.5. The first kappa shape index (κ1) is 15.9. The zero-order valence-corrected chi connectivity index (χ0v) is 12.4. The molecule has 0 saturated carbocycles. The van der Waals surface area contributed by atoms with Crippen LogP contribution in [-0.2, 0) is 6.18 Å². The minimum atomic E-state index is -4.32. The monoisotopic (exact) mass is 313 g/mol. The van der Waals surface area contributed by atoms with Gasteiger partial charge in [-0.3, -0.25) is 0 Å². The van der Waals surface area contributed by atoms with Gasteiger partial charge in [0.25, 0.3) is 0 Å². The van der Waals surface area contributed by atoms with Crippen molar-refractivity contribution < 1.29 is 13.2 Å². The van der Waals surface area contributed by atoms with Crippen molar-refractivity contribution in [2.24, 2.45) is 0 Å². The topological polar surface area (TPSA) is 12.0 Å². The van der Waals surface area contributed by atoms with Gasteiger partial charge in [-0.2, -0.15) is 13.2 Å². The normalized spacial score (nSPS) is 13.2. The summed E-state index contributed by atoms with van der Waals surface area (Å²) in [5.41, 5.74) is 1.79. The highest BCUT2D eigenvalue weighted by Crippen LogP contribution is 2.32. The predicted octanol–water partition coefficient (Wildman–Crippen LogP) is 5.31. The van der Waals surface area contributed by atoms with Crippen LogP contribution in [0, 0.1) is 0 Å². The SMILES string of the molecule is CNC(C)c1ccc(-c2ccc(C(F)(F)F)cc2)cc1Cl. The van der Waals surface area contributed by atoms with Crippen molar-refractivity contribution in [1.82, 2.24) is 5.32 Å². The van der Waals surface area contributed by atoms with Gasteiger partial charge in [0.1, 0.15) is 0 Å². The summed E-state index contributed by atoms with van der Waals surface area (Å²) >= 11 is 6.24. The third-order valence-electron chi connectivity index (χ3n) is 3.45. The number of nitrogens with one attached hydrogen (secondary N) is 1.